The molecule has 0 atom stereocenters. The Morgan fingerprint density at radius 1 is 1.63 bits per heavy atom. The Hall–Kier alpha value is -2.16. The summed E-state index contributed by atoms with van der Waals surface area (Å²) in [6.45, 7) is 2.27. The summed E-state index contributed by atoms with van der Waals surface area (Å²) < 4.78 is 9.73. The van der Waals surface area contributed by atoms with Crippen molar-refractivity contribution in [1.82, 2.24) is 20.4 Å². The SMILES string of the molecule is CC1(OCC(=O)O)CN(C(=O)NCc2ncon2)C1. The van der Waals surface area contributed by atoms with Crippen LogP contribution in [0.5, 0.6) is 0 Å². The smallest absolute Gasteiger partial charge is 0.329 e. The van der Waals surface area contributed by atoms with Gasteiger partial charge in [-0.15, -0.1) is 0 Å². The van der Waals surface area contributed by atoms with Gasteiger partial charge in [0.05, 0.1) is 19.6 Å². The van der Waals surface area contributed by atoms with Crippen LogP contribution in [0.3, 0.4) is 0 Å². The van der Waals surface area contributed by atoms with Gasteiger partial charge in [0.25, 0.3) is 0 Å². The maximum absolute atomic E-state index is 11.7. The Morgan fingerprint density at radius 3 is 2.95 bits per heavy atom. The summed E-state index contributed by atoms with van der Waals surface area (Å²) in [5, 5.41) is 14.7. The zero-order valence-electron chi connectivity index (χ0n) is 10.3. The van der Waals surface area contributed by atoms with Crippen molar-refractivity contribution in [2.45, 2.75) is 19.1 Å². The minimum absolute atomic E-state index is 0.179. The van der Waals surface area contributed by atoms with E-state index in [1.807, 2.05) is 0 Å². The van der Waals surface area contributed by atoms with Crippen LogP contribution in [0.1, 0.15) is 12.7 Å². The van der Waals surface area contributed by atoms with Gasteiger partial charge in [-0.2, -0.15) is 4.98 Å². The second kappa shape index (κ2) is 5.22. The molecule has 2 heterocycles. The van der Waals surface area contributed by atoms with E-state index in [2.05, 4.69) is 20.0 Å². The van der Waals surface area contributed by atoms with Gasteiger partial charge in [0, 0.05) is 0 Å². The van der Waals surface area contributed by atoms with E-state index in [9.17, 15) is 9.59 Å². The number of aliphatic carboxylic acids is 1. The quantitative estimate of drug-likeness (QED) is 0.737. The lowest BCUT2D eigenvalue weighted by molar-refractivity contribution is -0.159. The fourth-order valence-corrected chi connectivity index (χ4v) is 1.77. The fraction of sp³-hybridized carbons (Fsp3) is 0.600. The molecule has 1 aromatic heterocycles. The predicted octanol–water partition coefficient (Wildman–Crippen LogP) is -0.545. The Morgan fingerprint density at radius 2 is 2.37 bits per heavy atom. The van der Waals surface area contributed by atoms with E-state index < -0.39 is 11.6 Å². The molecule has 1 fully saturated rings. The van der Waals surface area contributed by atoms with E-state index in [0.717, 1.165) is 0 Å². The first kappa shape index (κ1) is 13.3. The summed E-state index contributed by atoms with van der Waals surface area (Å²) in [4.78, 5) is 27.4. The second-order valence-corrected chi connectivity index (χ2v) is 4.49. The lowest BCUT2D eigenvalue weighted by Crippen LogP contribution is -2.65. The Bertz CT molecular complexity index is 454. The molecule has 0 saturated carbocycles. The van der Waals surface area contributed by atoms with Crippen molar-refractivity contribution in [2.24, 2.45) is 0 Å². The number of hydrogen-bond donors (Lipinski definition) is 2. The van der Waals surface area contributed by atoms with E-state index in [1.54, 1.807) is 6.92 Å². The van der Waals surface area contributed by atoms with Crippen LogP contribution in [0.2, 0.25) is 0 Å². The van der Waals surface area contributed by atoms with Gasteiger partial charge in [0.1, 0.15) is 12.2 Å². The molecule has 1 saturated heterocycles. The first-order chi connectivity index (χ1) is 8.98. The van der Waals surface area contributed by atoms with Crippen LogP contribution in [0.25, 0.3) is 0 Å². The van der Waals surface area contributed by atoms with Crippen molar-refractivity contribution < 1.29 is 24.0 Å². The molecule has 19 heavy (non-hydrogen) atoms. The number of ether oxygens (including phenoxy) is 1. The molecule has 9 heteroatoms. The fourth-order valence-electron chi connectivity index (χ4n) is 1.77. The highest BCUT2D eigenvalue weighted by molar-refractivity contribution is 5.75. The van der Waals surface area contributed by atoms with Crippen molar-refractivity contribution in [3.63, 3.8) is 0 Å². The van der Waals surface area contributed by atoms with Gasteiger partial charge in [-0.25, -0.2) is 9.59 Å². The van der Waals surface area contributed by atoms with Gasteiger partial charge in [0.15, 0.2) is 5.82 Å². The number of aromatic nitrogens is 2. The Labute approximate surface area is 108 Å². The number of likely N-dealkylation sites (tertiary alicyclic amines) is 1. The average Bonchev–Trinajstić information content (AvgIpc) is 2.83. The molecule has 1 aromatic rings. The number of carbonyl (C=O) groups is 2. The third kappa shape index (κ3) is 3.41. The molecule has 0 radical (unpaired) electrons. The maximum Gasteiger partial charge on any atom is 0.329 e. The summed E-state index contributed by atoms with van der Waals surface area (Å²) in [6.07, 6.45) is 1.18. The van der Waals surface area contributed by atoms with Crippen molar-refractivity contribution in [1.29, 1.82) is 0 Å². The summed E-state index contributed by atoms with van der Waals surface area (Å²) in [7, 11) is 0. The van der Waals surface area contributed by atoms with Crippen LogP contribution in [0, 0.1) is 0 Å². The summed E-state index contributed by atoms with van der Waals surface area (Å²) >= 11 is 0. The third-order valence-electron chi connectivity index (χ3n) is 2.69. The molecule has 2 amide bonds. The lowest BCUT2D eigenvalue weighted by Gasteiger charge is -2.46. The number of urea groups is 1. The first-order valence-corrected chi connectivity index (χ1v) is 5.62. The molecule has 104 valence electrons. The standard InChI is InChI=1S/C10H14N4O5/c1-10(18-3-8(15)16)4-14(5-10)9(17)11-2-7-12-6-19-13-7/h6H,2-5H2,1H3,(H,11,17)(H,15,16). The number of carboxylic acids is 1. The van der Waals surface area contributed by atoms with Crippen LogP contribution in [-0.4, -0.2) is 57.4 Å². The number of amides is 2. The van der Waals surface area contributed by atoms with Gasteiger partial charge in [-0.05, 0) is 6.92 Å². The molecule has 0 aromatic carbocycles. The molecule has 1 aliphatic rings. The number of hydrogen-bond acceptors (Lipinski definition) is 6. The largest absolute Gasteiger partial charge is 0.480 e. The van der Waals surface area contributed by atoms with Crippen molar-refractivity contribution in [3.05, 3.63) is 12.2 Å². The van der Waals surface area contributed by atoms with Crippen molar-refractivity contribution >= 4 is 12.0 Å². The van der Waals surface area contributed by atoms with Crippen LogP contribution in [0.15, 0.2) is 10.9 Å². The number of carboxylic acid groups (broad SMARTS) is 1. The zero-order chi connectivity index (χ0) is 13.9. The molecular formula is C10H14N4O5. The topological polar surface area (TPSA) is 118 Å². The maximum atomic E-state index is 11.7. The van der Waals surface area contributed by atoms with E-state index in [0.29, 0.717) is 18.9 Å². The molecule has 9 nitrogen and oxygen atoms in total. The molecule has 0 aliphatic carbocycles. The van der Waals surface area contributed by atoms with Gasteiger partial charge < -0.3 is 24.6 Å². The Kier molecular flexibility index (Phi) is 3.65. The summed E-state index contributed by atoms with van der Waals surface area (Å²) in [6, 6.07) is -0.277. The van der Waals surface area contributed by atoms with Crippen LogP contribution in [0.4, 0.5) is 4.79 Å². The molecule has 0 unspecified atom stereocenters. The number of carbonyl (C=O) groups excluding carboxylic acids is 1. The van der Waals surface area contributed by atoms with E-state index in [1.165, 1.54) is 11.3 Å². The van der Waals surface area contributed by atoms with Crippen LogP contribution >= 0.6 is 0 Å². The number of nitrogens with zero attached hydrogens (tertiary/aromatic N) is 3. The van der Waals surface area contributed by atoms with E-state index >= 15 is 0 Å². The lowest BCUT2D eigenvalue weighted by atomic mass is 9.97. The Balaban J connectivity index is 1.70. The average molecular weight is 270 g/mol. The van der Waals surface area contributed by atoms with Gasteiger partial charge in [-0.1, -0.05) is 5.16 Å². The molecule has 2 rings (SSSR count). The highest BCUT2D eigenvalue weighted by Gasteiger charge is 2.42. The normalized spacial score (nSPS) is 16.8. The minimum atomic E-state index is -1.03. The van der Waals surface area contributed by atoms with Gasteiger partial charge in [0.2, 0.25) is 6.39 Å². The second-order valence-electron chi connectivity index (χ2n) is 4.49. The first-order valence-electron chi connectivity index (χ1n) is 5.62. The predicted molar refractivity (Wildman–Crippen MR) is 60.1 cm³/mol. The molecule has 1 aliphatic heterocycles. The third-order valence-corrected chi connectivity index (χ3v) is 2.69. The number of rotatable bonds is 5. The zero-order valence-corrected chi connectivity index (χ0v) is 10.3. The molecule has 0 spiro atoms. The number of nitrogens with one attached hydrogen (secondary N) is 1. The van der Waals surface area contributed by atoms with Crippen molar-refractivity contribution in [2.75, 3.05) is 19.7 Å². The van der Waals surface area contributed by atoms with Crippen LogP contribution in [-0.2, 0) is 16.1 Å². The van der Waals surface area contributed by atoms with Gasteiger partial charge in [-0.3, -0.25) is 0 Å². The molecule has 2 N–H and O–H groups in total. The minimum Gasteiger partial charge on any atom is -0.480 e. The summed E-state index contributed by atoms with van der Waals surface area (Å²) in [5.74, 6) is -0.639. The van der Waals surface area contributed by atoms with Crippen molar-refractivity contribution in [3.8, 4) is 0 Å². The van der Waals surface area contributed by atoms with E-state index in [4.69, 9.17) is 9.84 Å². The van der Waals surface area contributed by atoms with E-state index in [-0.39, 0.29) is 19.2 Å². The summed E-state index contributed by atoms with van der Waals surface area (Å²) in [5.41, 5.74) is -0.595. The molecule has 0 bridgehead atoms. The van der Waals surface area contributed by atoms with Gasteiger partial charge >= 0.3 is 12.0 Å². The van der Waals surface area contributed by atoms with Crippen LogP contribution < -0.4 is 5.32 Å². The monoisotopic (exact) mass is 270 g/mol. The highest BCUT2D eigenvalue weighted by atomic mass is 16.5. The molecular weight excluding hydrogens is 256 g/mol. The highest BCUT2D eigenvalue weighted by Crippen LogP contribution is 2.24.